The van der Waals surface area contributed by atoms with E-state index < -0.39 is 0 Å². The minimum absolute atomic E-state index is 0.0867. The zero-order valence-corrected chi connectivity index (χ0v) is 19.5. The SMILES string of the molecule is CC(C)OC(=O)c1ccc(N2CC(O)=C(c3nc4ccc(N5CCCCC5)cc4[nH]3)C2=N)cc1. The topological polar surface area (TPSA) is 106 Å². The van der Waals surface area contributed by atoms with Crippen molar-refractivity contribution in [3.05, 3.63) is 59.6 Å². The van der Waals surface area contributed by atoms with Crippen LogP contribution in [0.3, 0.4) is 0 Å². The van der Waals surface area contributed by atoms with Gasteiger partial charge in [-0.15, -0.1) is 0 Å². The number of carbonyl (C=O) groups is 1. The molecule has 5 rings (SSSR count). The number of amidine groups is 1. The van der Waals surface area contributed by atoms with E-state index in [2.05, 4.69) is 27.0 Å². The number of H-pyrrole nitrogens is 1. The number of piperidine rings is 1. The molecular formula is C26H29N5O3. The first-order valence-corrected chi connectivity index (χ1v) is 11.8. The van der Waals surface area contributed by atoms with Crippen molar-refractivity contribution in [2.45, 2.75) is 39.2 Å². The van der Waals surface area contributed by atoms with Gasteiger partial charge in [0.15, 0.2) is 0 Å². The van der Waals surface area contributed by atoms with Gasteiger partial charge in [-0.2, -0.15) is 0 Å². The Morgan fingerprint density at radius 3 is 2.50 bits per heavy atom. The number of aliphatic hydroxyl groups is 1. The average molecular weight is 460 g/mol. The number of esters is 1. The number of aromatic amines is 1. The second-order valence-electron chi connectivity index (χ2n) is 9.09. The quantitative estimate of drug-likeness (QED) is 0.470. The summed E-state index contributed by atoms with van der Waals surface area (Å²) in [5.74, 6) is 0.341. The van der Waals surface area contributed by atoms with Crippen LogP contribution in [0.2, 0.25) is 0 Å². The third-order valence-corrected chi connectivity index (χ3v) is 6.28. The van der Waals surface area contributed by atoms with Crippen LogP contribution in [0.25, 0.3) is 16.6 Å². The molecule has 3 heterocycles. The summed E-state index contributed by atoms with van der Waals surface area (Å²) < 4.78 is 5.23. The summed E-state index contributed by atoms with van der Waals surface area (Å²) in [5.41, 5.74) is 4.39. The molecule has 2 aromatic carbocycles. The molecule has 0 amide bonds. The van der Waals surface area contributed by atoms with Gasteiger partial charge in [0.2, 0.25) is 0 Å². The molecule has 0 aliphatic carbocycles. The fraction of sp³-hybridized carbons (Fsp3) is 0.346. The first-order chi connectivity index (χ1) is 16.4. The van der Waals surface area contributed by atoms with Gasteiger partial charge in [-0.25, -0.2) is 9.78 Å². The highest BCUT2D eigenvalue weighted by Gasteiger charge is 2.31. The lowest BCUT2D eigenvalue weighted by Crippen LogP contribution is -2.29. The summed E-state index contributed by atoms with van der Waals surface area (Å²) in [6, 6.07) is 13.0. The minimum atomic E-state index is -0.383. The van der Waals surface area contributed by atoms with Gasteiger partial charge in [0, 0.05) is 24.5 Å². The number of fused-ring (bicyclic) bond motifs is 1. The van der Waals surface area contributed by atoms with Crippen molar-refractivity contribution in [3.8, 4) is 0 Å². The molecule has 8 nitrogen and oxygen atoms in total. The molecule has 3 aromatic rings. The lowest BCUT2D eigenvalue weighted by Gasteiger charge is -2.28. The second kappa shape index (κ2) is 8.85. The third-order valence-electron chi connectivity index (χ3n) is 6.28. The van der Waals surface area contributed by atoms with E-state index in [0.29, 0.717) is 22.6 Å². The number of imidazole rings is 1. The number of hydrogen-bond acceptors (Lipinski definition) is 6. The number of ether oxygens (including phenoxy) is 1. The molecule has 0 bridgehead atoms. The molecule has 0 atom stereocenters. The van der Waals surface area contributed by atoms with Gasteiger partial charge in [-0.05, 0) is 75.6 Å². The molecule has 3 N–H and O–H groups in total. The van der Waals surface area contributed by atoms with Crippen molar-refractivity contribution < 1.29 is 14.6 Å². The number of anilines is 2. The maximum atomic E-state index is 12.1. The lowest BCUT2D eigenvalue weighted by atomic mass is 10.1. The Morgan fingerprint density at radius 1 is 1.09 bits per heavy atom. The number of hydrogen-bond donors (Lipinski definition) is 3. The molecule has 0 unspecified atom stereocenters. The van der Waals surface area contributed by atoms with E-state index in [4.69, 9.17) is 10.1 Å². The average Bonchev–Trinajstić information content (AvgIpc) is 3.38. The lowest BCUT2D eigenvalue weighted by molar-refractivity contribution is 0.0378. The molecule has 8 heteroatoms. The zero-order valence-electron chi connectivity index (χ0n) is 19.5. The molecule has 0 spiro atoms. The predicted octanol–water partition coefficient (Wildman–Crippen LogP) is 4.88. The van der Waals surface area contributed by atoms with Gasteiger partial charge >= 0.3 is 5.97 Å². The van der Waals surface area contributed by atoms with E-state index in [1.807, 2.05) is 6.07 Å². The number of aliphatic hydroxyl groups excluding tert-OH is 1. The number of nitrogens with one attached hydrogen (secondary N) is 2. The Bertz CT molecular complexity index is 1270. The van der Waals surface area contributed by atoms with Gasteiger partial charge in [0.1, 0.15) is 17.4 Å². The number of nitrogens with zero attached hydrogens (tertiary/aromatic N) is 3. The molecule has 176 valence electrons. The molecule has 2 aliphatic rings. The Hall–Kier alpha value is -3.81. The normalized spacial score (nSPS) is 16.7. The molecule has 2 aliphatic heterocycles. The number of aromatic nitrogens is 2. The van der Waals surface area contributed by atoms with Gasteiger partial charge in [-0.3, -0.25) is 5.41 Å². The van der Waals surface area contributed by atoms with Crippen molar-refractivity contribution in [1.29, 1.82) is 5.41 Å². The van der Waals surface area contributed by atoms with Gasteiger partial charge in [0.05, 0.1) is 34.8 Å². The molecule has 34 heavy (non-hydrogen) atoms. The van der Waals surface area contributed by atoms with Gasteiger partial charge < -0.3 is 24.6 Å². The number of carbonyl (C=O) groups excluding carboxylic acids is 1. The van der Waals surface area contributed by atoms with E-state index in [1.54, 1.807) is 43.0 Å². The highest BCUT2D eigenvalue weighted by Crippen LogP contribution is 2.32. The predicted molar refractivity (Wildman–Crippen MR) is 134 cm³/mol. The fourth-order valence-electron chi connectivity index (χ4n) is 4.57. The van der Waals surface area contributed by atoms with Crippen molar-refractivity contribution in [2.24, 2.45) is 0 Å². The van der Waals surface area contributed by atoms with Crippen LogP contribution in [0, 0.1) is 5.41 Å². The molecule has 0 saturated carbocycles. The monoisotopic (exact) mass is 459 g/mol. The van der Waals surface area contributed by atoms with E-state index >= 15 is 0 Å². The Kier molecular flexibility index (Phi) is 5.73. The van der Waals surface area contributed by atoms with E-state index in [9.17, 15) is 9.90 Å². The Morgan fingerprint density at radius 2 is 1.79 bits per heavy atom. The van der Waals surface area contributed by atoms with Crippen molar-refractivity contribution in [1.82, 2.24) is 9.97 Å². The van der Waals surface area contributed by atoms with Crippen molar-refractivity contribution in [2.75, 3.05) is 29.4 Å². The Balaban J connectivity index is 1.37. The van der Waals surface area contributed by atoms with Gasteiger partial charge in [-0.1, -0.05) is 0 Å². The highest BCUT2D eigenvalue weighted by molar-refractivity contribution is 6.30. The summed E-state index contributed by atoms with van der Waals surface area (Å²) in [4.78, 5) is 24.1. The summed E-state index contributed by atoms with van der Waals surface area (Å²) in [7, 11) is 0. The van der Waals surface area contributed by atoms with Crippen LogP contribution in [0.4, 0.5) is 11.4 Å². The largest absolute Gasteiger partial charge is 0.509 e. The maximum Gasteiger partial charge on any atom is 0.338 e. The molecule has 1 saturated heterocycles. The minimum Gasteiger partial charge on any atom is -0.509 e. The zero-order chi connectivity index (χ0) is 23.8. The van der Waals surface area contributed by atoms with Crippen LogP contribution in [0.1, 0.15) is 49.3 Å². The number of benzene rings is 2. The summed E-state index contributed by atoms with van der Waals surface area (Å²) in [6.45, 7) is 5.90. The van der Waals surface area contributed by atoms with E-state index in [-0.39, 0.29) is 30.2 Å². The summed E-state index contributed by atoms with van der Waals surface area (Å²) >= 11 is 0. The summed E-state index contributed by atoms with van der Waals surface area (Å²) in [6.07, 6.45) is 3.51. The fourth-order valence-corrected chi connectivity index (χ4v) is 4.57. The summed E-state index contributed by atoms with van der Waals surface area (Å²) in [5, 5.41) is 19.4. The van der Waals surface area contributed by atoms with Crippen LogP contribution in [-0.4, -0.2) is 52.6 Å². The molecule has 1 fully saturated rings. The van der Waals surface area contributed by atoms with Crippen LogP contribution < -0.4 is 9.80 Å². The van der Waals surface area contributed by atoms with Crippen molar-refractivity contribution >= 4 is 39.8 Å². The maximum absolute atomic E-state index is 12.1. The smallest absolute Gasteiger partial charge is 0.338 e. The molecule has 0 radical (unpaired) electrons. The third kappa shape index (κ3) is 4.11. The molecule has 1 aromatic heterocycles. The first kappa shape index (κ1) is 22.0. The van der Waals surface area contributed by atoms with Crippen LogP contribution in [0.5, 0.6) is 0 Å². The van der Waals surface area contributed by atoms with Gasteiger partial charge in [0.25, 0.3) is 0 Å². The van der Waals surface area contributed by atoms with Crippen molar-refractivity contribution in [3.63, 3.8) is 0 Å². The van der Waals surface area contributed by atoms with Crippen LogP contribution in [0.15, 0.2) is 48.2 Å². The Labute approximate surface area is 198 Å². The van der Waals surface area contributed by atoms with E-state index in [0.717, 1.165) is 24.1 Å². The number of rotatable bonds is 5. The van der Waals surface area contributed by atoms with E-state index in [1.165, 1.54) is 24.9 Å². The van der Waals surface area contributed by atoms with Crippen LogP contribution in [-0.2, 0) is 4.74 Å². The second-order valence-corrected chi connectivity index (χ2v) is 9.09. The first-order valence-electron chi connectivity index (χ1n) is 11.8. The highest BCUT2D eigenvalue weighted by atomic mass is 16.5. The molecular weight excluding hydrogens is 430 g/mol. The van der Waals surface area contributed by atoms with Crippen LogP contribution >= 0.6 is 0 Å². The standard InChI is InChI=1S/C26H29N5O3/c1-16(2)34-26(33)17-6-8-18(9-7-17)31-15-22(32)23(24(31)27)25-28-20-11-10-19(14-21(20)29-25)30-12-4-3-5-13-30/h6-11,14,16,27,32H,3-5,12-13,15H2,1-2H3,(H,28,29).